The molecule has 22 nitrogen and oxygen atoms in total. The second kappa shape index (κ2) is 21.8. The monoisotopic (exact) mass is 888 g/mol. The summed E-state index contributed by atoms with van der Waals surface area (Å²) in [6.45, 7) is 0.526. The van der Waals surface area contributed by atoms with Crippen molar-refractivity contribution in [3.63, 3.8) is 0 Å². The molecule has 0 saturated carbocycles. The van der Waals surface area contributed by atoms with Crippen LogP contribution in [0.15, 0.2) is 48.5 Å². The molecule has 3 aliphatic heterocycles. The summed E-state index contributed by atoms with van der Waals surface area (Å²) in [5, 5.41) is 121. The van der Waals surface area contributed by atoms with E-state index in [-0.39, 0.29) is 24.5 Å². The van der Waals surface area contributed by atoms with Crippen LogP contribution >= 0.6 is 0 Å². The van der Waals surface area contributed by atoms with Gasteiger partial charge in [-0.15, -0.1) is 0 Å². The molecule has 0 unspecified atom stereocenters. The molecule has 0 radical (unpaired) electrons. The molecule has 0 bridgehead atoms. The number of hydrogen-bond acceptors (Lipinski definition) is 22. The van der Waals surface area contributed by atoms with Crippen LogP contribution in [0.3, 0.4) is 0 Å². The van der Waals surface area contributed by atoms with E-state index in [1.807, 2.05) is 0 Å². The van der Waals surface area contributed by atoms with Gasteiger partial charge in [-0.1, -0.05) is 38.1 Å². The van der Waals surface area contributed by atoms with Crippen molar-refractivity contribution in [1.82, 2.24) is 0 Å². The quantitative estimate of drug-likeness (QED) is 0.0632. The molecule has 16 atom stereocenters. The highest BCUT2D eigenvalue weighted by molar-refractivity contribution is 5.86. The first-order valence-corrected chi connectivity index (χ1v) is 19.8. The van der Waals surface area contributed by atoms with Crippen LogP contribution < -0.4 is 9.47 Å². The third-order valence-electron chi connectivity index (χ3n) is 10.5. The smallest absolute Gasteiger partial charge is 0.339 e. The van der Waals surface area contributed by atoms with Crippen molar-refractivity contribution in [2.45, 2.75) is 138 Å². The van der Waals surface area contributed by atoms with Gasteiger partial charge < -0.3 is 99.2 Å². The van der Waals surface area contributed by atoms with Gasteiger partial charge in [-0.2, -0.15) is 0 Å². The number of carbonyl (C=O) groups excluding carboxylic acids is 2. The average molecular weight is 889 g/mol. The summed E-state index contributed by atoms with van der Waals surface area (Å²) in [4.78, 5) is 27.7. The highest BCUT2D eigenvalue weighted by Gasteiger charge is 2.52. The lowest BCUT2D eigenvalue weighted by molar-refractivity contribution is -0.327. The van der Waals surface area contributed by atoms with Gasteiger partial charge in [0, 0.05) is 0 Å². The van der Waals surface area contributed by atoms with E-state index in [1.165, 1.54) is 48.5 Å². The molecule has 348 valence electrons. The van der Waals surface area contributed by atoms with E-state index in [0.717, 1.165) is 0 Å². The molecule has 3 aliphatic rings. The lowest BCUT2D eigenvalue weighted by atomic mass is 9.88. The Kier molecular flexibility index (Phi) is 17.4. The fourth-order valence-electron chi connectivity index (χ4n) is 7.07. The van der Waals surface area contributed by atoms with Gasteiger partial charge in [-0.3, -0.25) is 4.79 Å². The van der Waals surface area contributed by atoms with E-state index in [9.17, 15) is 70.9 Å². The highest BCUT2D eigenvalue weighted by Crippen LogP contribution is 2.35. The third-order valence-corrected chi connectivity index (χ3v) is 10.5. The first-order chi connectivity index (χ1) is 29.4. The molecule has 0 spiro atoms. The Bertz CT molecular complexity index is 1710. The fourth-order valence-corrected chi connectivity index (χ4v) is 7.07. The second-order valence-corrected chi connectivity index (χ2v) is 15.7. The van der Waals surface area contributed by atoms with E-state index < -0.39 is 148 Å². The highest BCUT2D eigenvalue weighted by atomic mass is 16.7. The SMILES string of the molecule is CC(C)C[C@@](CC(=O)OCc1ccc(O[C@H]2O[C@@H](CO)[C@H](O)[C@@H](O)[C@@H]2O)cc1)(O[C@H]1O[C@@H](CO)[C@H](O)[C@@H](O)[C@@H]1O)C(=O)OCc1ccc(O[C@H]2O[C@@H](CO)[C@H](O)[C@@H](O)[C@@H]2O)cc1. The van der Waals surface area contributed by atoms with Gasteiger partial charge in [0.1, 0.15) is 98.0 Å². The van der Waals surface area contributed by atoms with Crippen molar-refractivity contribution < 1.29 is 109 Å². The predicted molar refractivity (Wildman–Crippen MR) is 203 cm³/mol. The largest absolute Gasteiger partial charge is 0.462 e. The number of esters is 2. The maximum atomic E-state index is 14.2. The third kappa shape index (κ3) is 11.7. The lowest BCUT2D eigenvalue weighted by Crippen LogP contribution is -2.62. The van der Waals surface area contributed by atoms with Crippen LogP contribution in [0.25, 0.3) is 0 Å². The Morgan fingerprint density at radius 3 is 1.31 bits per heavy atom. The number of ether oxygens (including phenoxy) is 8. The maximum absolute atomic E-state index is 14.2. The zero-order valence-corrected chi connectivity index (χ0v) is 33.8. The second-order valence-electron chi connectivity index (χ2n) is 15.7. The van der Waals surface area contributed by atoms with Crippen LogP contribution in [-0.4, -0.2) is 191 Å². The van der Waals surface area contributed by atoms with Gasteiger partial charge in [0.25, 0.3) is 0 Å². The standard InChI is InChI=1S/C40H56O22/c1-18(2)11-40(62-38-35(53)32(50)29(47)25(15-43)61-38,39(54)56-17-20-5-9-22(10-6-20)58-37-34(52)31(49)28(46)24(14-42)60-37)12-26(44)55-16-19-3-7-21(8-4-19)57-36-33(51)30(48)27(45)23(13-41)59-36/h3-10,18,23-25,27-38,41-43,45-53H,11-17H2,1-2H3/t23-,24-,25-,27-,28-,29-,30+,31+,32+,33-,34-,35-,36-,37-,38+,40-/m0/s1. The Morgan fingerprint density at radius 1 is 0.548 bits per heavy atom. The summed E-state index contributed by atoms with van der Waals surface area (Å²) in [5.41, 5.74) is -1.45. The summed E-state index contributed by atoms with van der Waals surface area (Å²) in [7, 11) is 0. The Labute approximate surface area is 354 Å². The summed E-state index contributed by atoms with van der Waals surface area (Å²) < 4.78 is 44.7. The molecule has 62 heavy (non-hydrogen) atoms. The van der Waals surface area contributed by atoms with Crippen molar-refractivity contribution >= 4 is 11.9 Å². The zero-order valence-electron chi connectivity index (χ0n) is 33.8. The van der Waals surface area contributed by atoms with Gasteiger partial charge in [0.05, 0.1) is 26.2 Å². The summed E-state index contributed by atoms with van der Waals surface area (Å²) >= 11 is 0. The van der Waals surface area contributed by atoms with E-state index >= 15 is 0 Å². The van der Waals surface area contributed by atoms with Crippen molar-refractivity contribution in [3.05, 3.63) is 59.7 Å². The molecule has 0 aromatic heterocycles. The number of rotatable bonds is 18. The molecule has 3 heterocycles. The van der Waals surface area contributed by atoms with Crippen LogP contribution in [0.4, 0.5) is 0 Å². The summed E-state index contributed by atoms with van der Waals surface area (Å²) in [6.07, 6.45) is -25.0. The number of carbonyl (C=O) groups is 2. The molecule has 3 saturated heterocycles. The van der Waals surface area contributed by atoms with Gasteiger partial charge in [0.15, 0.2) is 11.9 Å². The molecule has 5 rings (SSSR count). The van der Waals surface area contributed by atoms with Crippen molar-refractivity contribution in [2.24, 2.45) is 5.92 Å². The predicted octanol–water partition coefficient (Wildman–Crippen LogP) is -4.18. The normalized spacial score (nSPS) is 34.9. The zero-order chi connectivity index (χ0) is 45.5. The minimum atomic E-state index is -2.26. The number of aliphatic hydroxyl groups is 12. The average Bonchev–Trinajstić information content (AvgIpc) is 3.25. The lowest BCUT2D eigenvalue weighted by Gasteiger charge is -2.43. The first-order valence-electron chi connectivity index (χ1n) is 19.8. The first kappa shape index (κ1) is 49.4. The van der Waals surface area contributed by atoms with Gasteiger partial charge in [-0.25, -0.2) is 4.79 Å². The van der Waals surface area contributed by atoms with Crippen molar-refractivity contribution in [2.75, 3.05) is 19.8 Å². The Hall–Kier alpha value is -3.66. The molecule has 2 aromatic rings. The Morgan fingerprint density at radius 2 is 0.919 bits per heavy atom. The molecule has 0 amide bonds. The minimum absolute atomic E-state index is 0.128. The maximum Gasteiger partial charge on any atom is 0.339 e. The molecule has 22 heteroatoms. The van der Waals surface area contributed by atoms with Crippen LogP contribution in [0, 0.1) is 5.92 Å². The molecule has 2 aromatic carbocycles. The van der Waals surface area contributed by atoms with Crippen LogP contribution in [0.2, 0.25) is 0 Å². The van der Waals surface area contributed by atoms with Crippen molar-refractivity contribution in [1.29, 1.82) is 0 Å². The topological polar surface area (TPSA) is 351 Å². The minimum Gasteiger partial charge on any atom is -0.462 e. The van der Waals surface area contributed by atoms with E-state index in [1.54, 1.807) is 13.8 Å². The number of benzene rings is 2. The van der Waals surface area contributed by atoms with Gasteiger partial charge >= 0.3 is 11.9 Å². The number of hydrogen-bond donors (Lipinski definition) is 12. The van der Waals surface area contributed by atoms with Gasteiger partial charge in [-0.05, 0) is 47.7 Å². The van der Waals surface area contributed by atoms with Crippen LogP contribution in [0.1, 0.15) is 37.8 Å². The molecule has 3 fully saturated rings. The summed E-state index contributed by atoms with van der Waals surface area (Å²) in [5.74, 6) is -2.22. The van der Waals surface area contributed by atoms with Gasteiger partial charge in [0.2, 0.25) is 12.6 Å². The van der Waals surface area contributed by atoms with Crippen LogP contribution in [-0.2, 0) is 51.2 Å². The van der Waals surface area contributed by atoms with Crippen LogP contribution in [0.5, 0.6) is 11.5 Å². The summed E-state index contributed by atoms with van der Waals surface area (Å²) in [6, 6.07) is 11.6. The molecular weight excluding hydrogens is 832 g/mol. The number of aliphatic hydroxyl groups excluding tert-OH is 12. The van der Waals surface area contributed by atoms with E-state index in [0.29, 0.717) is 11.1 Å². The van der Waals surface area contributed by atoms with E-state index in [4.69, 9.17) is 37.9 Å². The van der Waals surface area contributed by atoms with E-state index in [2.05, 4.69) is 0 Å². The molecule has 12 N–H and O–H groups in total. The Balaban J connectivity index is 1.28. The molecular formula is C40H56O22. The fraction of sp³-hybridized carbons (Fsp3) is 0.650. The molecule has 0 aliphatic carbocycles. The van der Waals surface area contributed by atoms with Crippen molar-refractivity contribution in [3.8, 4) is 11.5 Å².